The van der Waals surface area contributed by atoms with E-state index in [1.165, 1.54) is 0 Å². The van der Waals surface area contributed by atoms with Crippen molar-refractivity contribution in [3.8, 4) is 0 Å². The van der Waals surface area contributed by atoms with Gasteiger partial charge in [-0.05, 0) is 6.32 Å². The number of hydrogen-bond donors (Lipinski definition) is 0. The molecule has 0 bridgehead atoms. The maximum atomic E-state index is 6.78. The quantitative estimate of drug-likeness (QED) is 0.290. The summed E-state index contributed by atoms with van der Waals surface area (Å²) in [4.78, 5) is 8.69. The fraction of sp³-hybridized carbons (Fsp3) is 1.00. The molecule has 1 saturated heterocycles. The predicted molar refractivity (Wildman–Crippen MR) is 19.0 cm³/mol. The van der Waals surface area contributed by atoms with Crippen LogP contribution in [-0.2, 0) is 9.69 Å². The molecular weight excluding hydrogens is 66.8 g/mol. The molecule has 1 aliphatic rings. The Kier molecular flexibility index (Phi) is 0.632. The fourth-order valence-corrected chi connectivity index (χ4v) is 0.241. The van der Waals surface area contributed by atoms with Gasteiger partial charge in [-0.3, -0.25) is 4.89 Å². The van der Waals surface area contributed by atoms with Crippen LogP contribution in [-0.4, -0.2) is 15.4 Å². The van der Waals surface area contributed by atoms with E-state index in [0.717, 1.165) is 0 Å². The lowest BCUT2D eigenvalue weighted by Gasteiger charge is -1.79. The van der Waals surface area contributed by atoms with Gasteiger partial charge in [0.05, 0.1) is 6.61 Å². The van der Waals surface area contributed by atoms with E-state index < -0.39 is 7.45 Å². The molecule has 0 N–H and O–H groups in total. The van der Waals surface area contributed by atoms with Gasteiger partial charge in [-0.15, -0.1) is 0 Å². The van der Waals surface area contributed by atoms with Gasteiger partial charge in [-0.2, -0.15) is 0 Å². The van der Waals surface area contributed by atoms with Crippen molar-refractivity contribution in [2.75, 3.05) is 6.61 Å². The van der Waals surface area contributed by atoms with Crippen LogP contribution in [0.1, 0.15) is 0 Å². The molecule has 1 aliphatic heterocycles. The minimum atomic E-state index is -0.426. The smallest absolute Gasteiger partial charge is 0.310 e. The van der Waals surface area contributed by atoms with Crippen LogP contribution in [0.4, 0.5) is 0 Å². The normalized spacial score (nSPS) is 27.2. The SMILES string of the molecule is [2H]B1CCOO1. The monoisotopic (exact) mass is 73.0 g/mol. The number of hydrogen-bond acceptors (Lipinski definition) is 2. The molecule has 3 heteroatoms. The van der Waals surface area contributed by atoms with Crippen LogP contribution < -0.4 is 0 Å². The van der Waals surface area contributed by atoms with Crippen molar-refractivity contribution in [1.82, 2.24) is 0 Å². The van der Waals surface area contributed by atoms with Crippen LogP contribution in [0.2, 0.25) is 6.32 Å². The Bertz CT molecular complexity index is 44.8. The molecule has 0 saturated carbocycles. The van der Waals surface area contributed by atoms with Crippen LogP contribution in [0.15, 0.2) is 0 Å². The standard InChI is InChI=1S/C2H5BO2/c1-2-4-5-3-1/h3H,1-2H2/i3D. The van der Waals surface area contributed by atoms with Crippen molar-refractivity contribution in [2.45, 2.75) is 6.32 Å². The largest absolute Gasteiger partial charge is 0.325 e. The molecule has 1 rings (SSSR count). The zero-order chi connectivity index (χ0) is 4.41. The molecule has 1 heterocycles. The second-order valence-corrected chi connectivity index (χ2v) is 0.874. The second kappa shape index (κ2) is 1.43. The molecule has 0 aliphatic carbocycles. The lowest BCUT2D eigenvalue weighted by atomic mass is 9.99. The average molecular weight is 72.9 g/mol. The molecule has 0 spiro atoms. The molecule has 0 unspecified atom stereocenters. The first-order chi connectivity index (χ1) is 2.89. The Morgan fingerprint density at radius 1 is 2.00 bits per heavy atom. The van der Waals surface area contributed by atoms with Crippen molar-refractivity contribution in [1.29, 1.82) is 1.34 Å². The molecule has 0 aromatic heterocycles. The van der Waals surface area contributed by atoms with Gasteiger partial charge in [0.1, 0.15) is 0 Å². The van der Waals surface area contributed by atoms with E-state index >= 15 is 0 Å². The van der Waals surface area contributed by atoms with Crippen LogP contribution in [0.3, 0.4) is 0 Å². The Hall–Kier alpha value is -0.0151. The molecular formula is C2H5BO2. The lowest BCUT2D eigenvalue weighted by molar-refractivity contribution is -0.181. The molecule has 1 fully saturated rings. The van der Waals surface area contributed by atoms with Gasteiger partial charge in [0.25, 0.3) is 0 Å². The second-order valence-electron chi connectivity index (χ2n) is 0.874. The van der Waals surface area contributed by atoms with Gasteiger partial charge < -0.3 is 4.81 Å². The Balaban J connectivity index is 2.18. The maximum absolute atomic E-state index is 6.78. The van der Waals surface area contributed by atoms with Crippen LogP contribution in [0, 0.1) is 0 Å². The van der Waals surface area contributed by atoms with Crippen molar-refractivity contribution in [3.05, 3.63) is 0 Å². The molecule has 5 heavy (non-hydrogen) atoms. The highest BCUT2D eigenvalue weighted by Gasteiger charge is 1.99. The molecule has 0 aromatic rings. The Labute approximate surface area is 32.6 Å². The maximum Gasteiger partial charge on any atom is 0.325 e. The topological polar surface area (TPSA) is 18.5 Å². The third-order valence-corrected chi connectivity index (χ3v) is 0.455. The fourth-order valence-electron chi connectivity index (χ4n) is 0.241. The highest BCUT2D eigenvalue weighted by atomic mass is 17.2. The summed E-state index contributed by atoms with van der Waals surface area (Å²) in [5.41, 5.74) is 0. The first-order valence-electron chi connectivity index (χ1n) is 2.18. The van der Waals surface area contributed by atoms with Crippen LogP contribution >= 0.6 is 0 Å². The summed E-state index contributed by atoms with van der Waals surface area (Å²) in [6, 6.07) is 0. The summed E-state index contributed by atoms with van der Waals surface area (Å²) < 4.78 is 6.78. The molecule has 0 radical (unpaired) electrons. The highest BCUT2D eigenvalue weighted by molar-refractivity contribution is 6.27. The third-order valence-electron chi connectivity index (χ3n) is 0.455. The van der Waals surface area contributed by atoms with Crippen molar-refractivity contribution in [3.63, 3.8) is 0 Å². The van der Waals surface area contributed by atoms with Crippen molar-refractivity contribution in [2.24, 2.45) is 0 Å². The van der Waals surface area contributed by atoms with Gasteiger partial charge in [-0.25, -0.2) is 0 Å². The van der Waals surface area contributed by atoms with Crippen molar-refractivity contribution < 1.29 is 9.69 Å². The van der Waals surface area contributed by atoms with Crippen LogP contribution in [0.5, 0.6) is 0 Å². The van der Waals surface area contributed by atoms with Gasteiger partial charge in [0, 0.05) is 1.34 Å². The molecule has 0 aromatic carbocycles. The summed E-state index contributed by atoms with van der Waals surface area (Å²) in [6.45, 7) is 0.578. The molecule has 28 valence electrons. The Morgan fingerprint density at radius 3 is 3.20 bits per heavy atom. The van der Waals surface area contributed by atoms with Gasteiger partial charge in [-0.1, -0.05) is 0 Å². The van der Waals surface area contributed by atoms with Crippen LogP contribution in [0.25, 0.3) is 0 Å². The number of rotatable bonds is 0. The van der Waals surface area contributed by atoms with Gasteiger partial charge in [0.2, 0.25) is 0 Å². The zero-order valence-corrected chi connectivity index (χ0v) is 2.81. The van der Waals surface area contributed by atoms with E-state index in [1.54, 1.807) is 0 Å². The highest BCUT2D eigenvalue weighted by Crippen LogP contribution is 1.91. The zero-order valence-electron chi connectivity index (χ0n) is 3.81. The summed E-state index contributed by atoms with van der Waals surface area (Å²) in [7, 11) is -0.426. The molecule has 0 atom stereocenters. The third kappa shape index (κ3) is 0.632. The molecule has 0 amide bonds. The lowest BCUT2D eigenvalue weighted by Crippen LogP contribution is -1.78. The first-order valence-corrected chi connectivity index (χ1v) is 1.60. The van der Waals surface area contributed by atoms with E-state index in [4.69, 9.17) is 1.34 Å². The summed E-state index contributed by atoms with van der Waals surface area (Å²) >= 11 is 0. The van der Waals surface area contributed by atoms with E-state index in [2.05, 4.69) is 9.69 Å². The van der Waals surface area contributed by atoms with E-state index in [0.29, 0.717) is 12.9 Å². The van der Waals surface area contributed by atoms with Gasteiger partial charge in [0.15, 0.2) is 0 Å². The minimum Gasteiger partial charge on any atom is -0.310 e. The average Bonchev–Trinajstić information content (AvgIpc) is 1.86. The molecule has 2 nitrogen and oxygen atoms in total. The van der Waals surface area contributed by atoms with Gasteiger partial charge >= 0.3 is 7.45 Å². The van der Waals surface area contributed by atoms with E-state index in [1.807, 2.05) is 0 Å². The summed E-state index contributed by atoms with van der Waals surface area (Å²) in [5, 5.41) is 0. The first kappa shape index (κ1) is 2.21. The Morgan fingerprint density at radius 2 is 3.00 bits per heavy atom. The van der Waals surface area contributed by atoms with E-state index in [-0.39, 0.29) is 0 Å². The predicted octanol–water partition coefficient (Wildman–Crippen LogP) is -0.282. The van der Waals surface area contributed by atoms with Crippen molar-refractivity contribution >= 4 is 7.45 Å². The summed E-state index contributed by atoms with van der Waals surface area (Å²) in [6.07, 6.45) is 0.708. The van der Waals surface area contributed by atoms with E-state index in [9.17, 15) is 0 Å². The summed E-state index contributed by atoms with van der Waals surface area (Å²) in [5.74, 6) is 0. The minimum absolute atomic E-state index is 0.426.